The van der Waals surface area contributed by atoms with E-state index in [1.807, 2.05) is 6.92 Å². The Kier molecular flexibility index (Phi) is 61.0. The molecule has 0 amide bonds. The number of hydrogen-bond donors (Lipinski definition) is 3. The lowest BCUT2D eigenvalue weighted by atomic mass is 10.0. The summed E-state index contributed by atoms with van der Waals surface area (Å²) in [4.78, 5) is 31.3. The van der Waals surface area contributed by atoms with Gasteiger partial charge in [-0.05, 0) is 19.3 Å². The summed E-state index contributed by atoms with van der Waals surface area (Å²) in [7, 11) is 0. The van der Waals surface area contributed by atoms with E-state index in [9.17, 15) is 14.4 Å². The number of carboxylic acid groups (broad SMARTS) is 3. The summed E-state index contributed by atoms with van der Waals surface area (Å²) in [5.74, 6) is -2.12. The molecule has 0 bridgehead atoms. The van der Waals surface area contributed by atoms with Gasteiger partial charge in [-0.3, -0.25) is 14.4 Å². The molecule has 0 aliphatic rings. The molecule has 6 nitrogen and oxygen atoms in total. The number of hydrogen-bond acceptors (Lipinski definition) is 3. The maximum Gasteiger partial charge on any atom is 0.306 e. The van der Waals surface area contributed by atoms with Crippen LogP contribution in [0.15, 0.2) is 0 Å². The van der Waals surface area contributed by atoms with Gasteiger partial charge < -0.3 is 15.3 Å². The summed E-state index contributed by atoms with van der Waals surface area (Å²) in [5.41, 5.74) is 0. The quantitative estimate of drug-likeness (QED) is 0.0525. The molecule has 0 saturated heterocycles. The Morgan fingerprint density at radius 2 is 0.443 bits per heavy atom. The van der Waals surface area contributed by atoms with E-state index in [4.69, 9.17) is 15.3 Å². The van der Waals surface area contributed by atoms with Crippen LogP contribution in [0.25, 0.3) is 0 Å². The maximum absolute atomic E-state index is 10.7. The van der Waals surface area contributed by atoms with E-state index >= 15 is 0 Å². The number of carbonyl (C=O) groups is 3. The summed E-state index contributed by atoms with van der Waals surface area (Å²) < 4.78 is 0. The monoisotopic (exact) mass is 867 g/mol. The van der Waals surface area contributed by atoms with Crippen LogP contribution in [0.3, 0.4) is 0 Å². The van der Waals surface area contributed by atoms with Crippen LogP contribution < -0.4 is 0 Å². The minimum Gasteiger partial charge on any atom is -0.481 e. The van der Waals surface area contributed by atoms with Crippen LogP contribution in [-0.4, -0.2) is 33.2 Å². The van der Waals surface area contributed by atoms with Crippen molar-refractivity contribution in [2.24, 2.45) is 5.92 Å². The van der Waals surface area contributed by atoms with Crippen molar-refractivity contribution >= 4 is 17.9 Å². The predicted molar refractivity (Wildman–Crippen MR) is 266 cm³/mol. The van der Waals surface area contributed by atoms with E-state index in [0.717, 1.165) is 38.5 Å². The van der Waals surface area contributed by atoms with E-state index in [1.165, 1.54) is 250 Å². The molecule has 0 rings (SSSR count). The van der Waals surface area contributed by atoms with Crippen molar-refractivity contribution < 1.29 is 29.7 Å². The van der Waals surface area contributed by atoms with E-state index in [0.29, 0.717) is 12.8 Å². The standard InChI is InChI=1S/C19H38O2.2C18H36O2/c1-3-4-5-6-7-8-9-10-11-12-13-14-15-16-17-18(2)19(20)21;2*1-2-3-4-5-6-7-8-9-10-11-12-13-14-15-16-17-18(19)20/h18H,3-17H2,1-2H3,(H,20,21);2*2-17H2,1H3,(H,19,20). The predicted octanol–water partition coefficient (Wildman–Crippen LogP) is 19.2. The normalized spacial score (nSPS) is 11.4. The Hall–Kier alpha value is -1.59. The molecule has 1 unspecified atom stereocenters. The number of unbranched alkanes of at least 4 members (excludes halogenated alkanes) is 41. The van der Waals surface area contributed by atoms with Gasteiger partial charge in [-0.25, -0.2) is 0 Å². The first-order chi connectivity index (χ1) is 29.7. The molecular formula is C55H110O6. The average Bonchev–Trinajstić information content (AvgIpc) is 3.24. The SMILES string of the molecule is CCCCCCCCCCCCCCCCC(C)C(=O)O.CCCCCCCCCCCCCCCCCC(=O)O.CCCCCCCCCCCCCCCCCC(=O)O. The van der Waals surface area contributed by atoms with E-state index < -0.39 is 17.9 Å². The van der Waals surface area contributed by atoms with Crippen molar-refractivity contribution in [1.29, 1.82) is 0 Å². The van der Waals surface area contributed by atoms with Gasteiger partial charge >= 0.3 is 17.9 Å². The molecule has 0 aromatic rings. The first kappa shape index (κ1) is 63.7. The van der Waals surface area contributed by atoms with Crippen molar-refractivity contribution in [3.63, 3.8) is 0 Å². The highest BCUT2D eigenvalue weighted by atomic mass is 16.4. The summed E-state index contributed by atoms with van der Waals surface area (Å²) in [6, 6.07) is 0. The summed E-state index contributed by atoms with van der Waals surface area (Å²) in [5, 5.41) is 25.8. The number of carboxylic acids is 3. The third kappa shape index (κ3) is 67.7. The maximum atomic E-state index is 10.7. The second kappa shape index (κ2) is 58.4. The van der Waals surface area contributed by atoms with Crippen LogP contribution in [-0.2, 0) is 14.4 Å². The van der Waals surface area contributed by atoms with Gasteiger partial charge in [0.1, 0.15) is 0 Å². The van der Waals surface area contributed by atoms with Gasteiger partial charge in [-0.15, -0.1) is 0 Å². The van der Waals surface area contributed by atoms with Crippen molar-refractivity contribution in [3.05, 3.63) is 0 Å². The molecule has 366 valence electrons. The number of rotatable bonds is 48. The Morgan fingerprint density at radius 1 is 0.279 bits per heavy atom. The van der Waals surface area contributed by atoms with Crippen LogP contribution in [0.4, 0.5) is 0 Å². The molecule has 6 heteroatoms. The first-order valence-corrected chi connectivity index (χ1v) is 27.4. The van der Waals surface area contributed by atoms with Crippen molar-refractivity contribution in [1.82, 2.24) is 0 Å². The minimum absolute atomic E-state index is 0.165. The van der Waals surface area contributed by atoms with Gasteiger partial charge in [0.25, 0.3) is 0 Å². The summed E-state index contributed by atoms with van der Waals surface area (Å²) >= 11 is 0. The summed E-state index contributed by atoms with van der Waals surface area (Å²) in [6.07, 6.45) is 60.2. The van der Waals surface area contributed by atoms with Gasteiger partial charge in [0.2, 0.25) is 0 Å². The fourth-order valence-electron chi connectivity index (χ4n) is 8.06. The lowest BCUT2D eigenvalue weighted by Crippen LogP contribution is -2.08. The number of aliphatic carboxylic acids is 3. The lowest BCUT2D eigenvalue weighted by Gasteiger charge is -2.05. The van der Waals surface area contributed by atoms with Crippen LogP contribution in [0.5, 0.6) is 0 Å². The van der Waals surface area contributed by atoms with Crippen molar-refractivity contribution in [2.75, 3.05) is 0 Å². The highest BCUT2D eigenvalue weighted by Crippen LogP contribution is 2.17. The first-order valence-electron chi connectivity index (χ1n) is 27.4. The second-order valence-corrected chi connectivity index (χ2v) is 18.8. The molecule has 0 aliphatic heterocycles. The smallest absolute Gasteiger partial charge is 0.306 e. The molecule has 0 heterocycles. The third-order valence-corrected chi connectivity index (χ3v) is 12.4. The van der Waals surface area contributed by atoms with Crippen LogP contribution >= 0.6 is 0 Å². The van der Waals surface area contributed by atoms with Crippen molar-refractivity contribution in [3.8, 4) is 0 Å². The molecule has 0 aliphatic carbocycles. The molecule has 0 saturated carbocycles. The Labute approximate surface area is 381 Å². The second-order valence-electron chi connectivity index (χ2n) is 18.8. The molecule has 0 aromatic carbocycles. The fourth-order valence-corrected chi connectivity index (χ4v) is 8.06. The fraction of sp³-hybridized carbons (Fsp3) is 0.945. The molecule has 1 atom stereocenters. The zero-order valence-corrected chi connectivity index (χ0v) is 41.9. The molecule has 0 aromatic heterocycles. The topological polar surface area (TPSA) is 112 Å². The van der Waals surface area contributed by atoms with Crippen LogP contribution in [0, 0.1) is 5.92 Å². The van der Waals surface area contributed by atoms with Crippen LogP contribution in [0.1, 0.15) is 329 Å². The van der Waals surface area contributed by atoms with E-state index in [-0.39, 0.29) is 5.92 Å². The molecule has 0 fully saturated rings. The van der Waals surface area contributed by atoms with Gasteiger partial charge in [-0.1, -0.05) is 297 Å². The molecule has 3 N–H and O–H groups in total. The van der Waals surface area contributed by atoms with Gasteiger partial charge in [0.05, 0.1) is 5.92 Å². The molecule has 0 spiro atoms. The Morgan fingerprint density at radius 3 is 0.607 bits per heavy atom. The molecular weight excluding hydrogens is 757 g/mol. The average molecular weight is 867 g/mol. The third-order valence-electron chi connectivity index (χ3n) is 12.4. The largest absolute Gasteiger partial charge is 0.481 e. The minimum atomic E-state index is -0.653. The Bertz CT molecular complexity index is 800. The highest BCUT2D eigenvalue weighted by molar-refractivity contribution is 5.69. The highest BCUT2D eigenvalue weighted by Gasteiger charge is 2.09. The van der Waals surface area contributed by atoms with Crippen LogP contribution in [0.2, 0.25) is 0 Å². The van der Waals surface area contributed by atoms with Gasteiger partial charge in [0, 0.05) is 12.8 Å². The van der Waals surface area contributed by atoms with Gasteiger partial charge in [0.15, 0.2) is 0 Å². The zero-order chi connectivity index (χ0) is 45.5. The van der Waals surface area contributed by atoms with Crippen molar-refractivity contribution in [2.45, 2.75) is 329 Å². The molecule has 61 heavy (non-hydrogen) atoms. The van der Waals surface area contributed by atoms with Gasteiger partial charge in [-0.2, -0.15) is 0 Å². The Balaban J connectivity index is -0.000000828. The summed E-state index contributed by atoms with van der Waals surface area (Å²) in [6.45, 7) is 8.62. The zero-order valence-electron chi connectivity index (χ0n) is 41.9. The molecule has 0 radical (unpaired) electrons. The van der Waals surface area contributed by atoms with E-state index in [1.54, 1.807) is 0 Å². The lowest BCUT2D eigenvalue weighted by molar-refractivity contribution is -0.141. The van der Waals surface area contributed by atoms with E-state index in [2.05, 4.69) is 20.8 Å².